The standard InChI is InChI=1S/C13H21N3O/c1-5-17-11-8-10(14-9-6-7-9)15-12(16-11)13(2,3)4/h8-9H,5-7H2,1-4H3,(H,14,15,16). The van der Waals surface area contributed by atoms with Crippen LogP contribution < -0.4 is 10.1 Å². The van der Waals surface area contributed by atoms with Gasteiger partial charge in [0.1, 0.15) is 11.6 Å². The second kappa shape index (κ2) is 4.51. The summed E-state index contributed by atoms with van der Waals surface area (Å²) in [5.41, 5.74) is -0.0624. The summed E-state index contributed by atoms with van der Waals surface area (Å²) in [6.07, 6.45) is 2.47. The van der Waals surface area contributed by atoms with Crippen LogP contribution in [-0.4, -0.2) is 22.6 Å². The number of rotatable bonds is 4. The number of hydrogen-bond acceptors (Lipinski definition) is 4. The zero-order valence-electron chi connectivity index (χ0n) is 11.1. The van der Waals surface area contributed by atoms with Crippen LogP contribution in [0.5, 0.6) is 5.88 Å². The van der Waals surface area contributed by atoms with E-state index in [-0.39, 0.29) is 5.41 Å². The molecule has 4 heteroatoms. The molecule has 0 radical (unpaired) electrons. The lowest BCUT2D eigenvalue weighted by molar-refractivity contribution is 0.322. The molecule has 0 atom stereocenters. The molecule has 1 aromatic rings. The van der Waals surface area contributed by atoms with E-state index in [1.807, 2.05) is 13.0 Å². The predicted molar refractivity (Wildman–Crippen MR) is 68.5 cm³/mol. The quantitative estimate of drug-likeness (QED) is 0.871. The summed E-state index contributed by atoms with van der Waals surface area (Å²) in [7, 11) is 0. The number of nitrogens with zero attached hydrogens (tertiary/aromatic N) is 2. The summed E-state index contributed by atoms with van der Waals surface area (Å²) in [4.78, 5) is 9.01. The Bertz CT molecular complexity index is 394. The van der Waals surface area contributed by atoms with E-state index in [1.165, 1.54) is 12.8 Å². The summed E-state index contributed by atoms with van der Waals surface area (Å²) in [5, 5.41) is 3.40. The summed E-state index contributed by atoms with van der Waals surface area (Å²) < 4.78 is 5.49. The lowest BCUT2D eigenvalue weighted by Crippen LogP contribution is -2.18. The molecule has 1 N–H and O–H groups in total. The van der Waals surface area contributed by atoms with Gasteiger partial charge in [0, 0.05) is 17.5 Å². The van der Waals surface area contributed by atoms with Gasteiger partial charge in [-0.25, -0.2) is 4.98 Å². The molecular formula is C13H21N3O. The first kappa shape index (κ1) is 12.1. The highest BCUT2D eigenvalue weighted by Crippen LogP contribution is 2.27. The fourth-order valence-electron chi connectivity index (χ4n) is 1.49. The largest absolute Gasteiger partial charge is 0.478 e. The fraction of sp³-hybridized carbons (Fsp3) is 0.692. The molecule has 0 unspecified atom stereocenters. The van der Waals surface area contributed by atoms with E-state index in [1.54, 1.807) is 0 Å². The monoisotopic (exact) mass is 235 g/mol. The topological polar surface area (TPSA) is 47.0 Å². The average molecular weight is 235 g/mol. The Morgan fingerprint density at radius 2 is 2.06 bits per heavy atom. The molecule has 94 valence electrons. The van der Waals surface area contributed by atoms with E-state index in [2.05, 4.69) is 36.1 Å². The maximum absolute atomic E-state index is 5.49. The van der Waals surface area contributed by atoms with Crippen LogP contribution in [0.25, 0.3) is 0 Å². The third-order valence-corrected chi connectivity index (χ3v) is 2.60. The maximum Gasteiger partial charge on any atom is 0.218 e. The van der Waals surface area contributed by atoms with Crippen molar-refractivity contribution in [2.75, 3.05) is 11.9 Å². The van der Waals surface area contributed by atoms with Gasteiger partial charge in [-0.1, -0.05) is 20.8 Å². The van der Waals surface area contributed by atoms with Crippen molar-refractivity contribution in [1.29, 1.82) is 0 Å². The summed E-state index contributed by atoms with van der Waals surface area (Å²) in [6.45, 7) is 8.92. The molecule has 1 saturated carbocycles. The van der Waals surface area contributed by atoms with Gasteiger partial charge in [0.05, 0.1) is 6.61 Å². The van der Waals surface area contributed by atoms with Crippen LogP contribution in [0.2, 0.25) is 0 Å². The van der Waals surface area contributed by atoms with Crippen LogP contribution in [0.1, 0.15) is 46.4 Å². The van der Waals surface area contributed by atoms with Gasteiger partial charge in [0.25, 0.3) is 0 Å². The Kier molecular flexibility index (Phi) is 3.22. The molecule has 4 nitrogen and oxygen atoms in total. The molecule has 2 rings (SSSR count). The van der Waals surface area contributed by atoms with Crippen molar-refractivity contribution in [2.45, 2.75) is 52.0 Å². The molecule has 0 spiro atoms. The molecule has 1 heterocycles. The Labute approximate surface area is 103 Å². The van der Waals surface area contributed by atoms with Gasteiger partial charge in [-0.15, -0.1) is 0 Å². The minimum absolute atomic E-state index is 0.0624. The molecular weight excluding hydrogens is 214 g/mol. The zero-order chi connectivity index (χ0) is 12.5. The van der Waals surface area contributed by atoms with E-state index < -0.39 is 0 Å². The second-order valence-corrected chi connectivity index (χ2v) is 5.52. The molecule has 0 amide bonds. The maximum atomic E-state index is 5.49. The number of aromatic nitrogens is 2. The van der Waals surface area contributed by atoms with Crippen LogP contribution >= 0.6 is 0 Å². The number of nitrogens with one attached hydrogen (secondary N) is 1. The van der Waals surface area contributed by atoms with E-state index in [4.69, 9.17) is 4.74 Å². The van der Waals surface area contributed by atoms with Crippen molar-refractivity contribution in [3.63, 3.8) is 0 Å². The lowest BCUT2D eigenvalue weighted by atomic mass is 9.96. The highest BCUT2D eigenvalue weighted by molar-refractivity contribution is 5.41. The van der Waals surface area contributed by atoms with Crippen LogP contribution in [0.15, 0.2) is 6.07 Å². The van der Waals surface area contributed by atoms with Crippen molar-refractivity contribution in [1.82, 2.24) is 9.97 Å². The van der Waals surface area contributed by atoms with E-state index in [9.17, 15) is 0 Å². The van der Waals surface area contributed by atoms with Crippen LogP contribution in [0.3, 0.4) is 0 Å². The van der Waals surface area contributed by atoms with Gasteiger partial charge < -0.3 is 10.1 Å². The van der Waals surface area contributed by atoms with Crippen molar-refractivity contribution < 1.29 is 4.74 Å². The van der Waals surface area contributed by atoms with Gasteiger partial charge in [0.2, 0.25) is 5.88 Å². The SMILES string of the molecule is CCOc1cc(NC2CC2)nc(C(C)(C)C)n1. The predicted octanol–water partition coefficient (Wildman–Crippen LogP) is 2.75. The summed E-state index contributed by atoms with van der Waals surface area (Å²) in [5.74, 6) is 2.37. The van der Waals surface area contributed by atoms with Crippen molar-refractivity contribution in [3.05, 3.63) is 11.9 Å². The van der Waals surface area contributed by atoms with Gasteiger partial charge in [0.15, 0.2) is 0 Å². The number of anilines is 1. The molecule has 1 aliphatic rings. The molecule has 0 aliphatic heterocycles. The summed E-state index contributed by atoms with van der Waals surface area (Å²) in [6, 6.07) is 2.48. The Morgan fingerprint density at radius 3 is 2.59 bits per heavy atom. The molecule has 0 bridgehead atoms. The minimum atomic E-state index is -0.0624. The smallest absolute Gasteiger partial charge is 0.218 e. The third kappa shape index (κ3) is 3.32. The van der Waals surface area contributed by atoms with Crippen LogP contribution in [0.4, 0.5) is 5.82 Å². The molecule has 1 aromatic heterocycles. The van der Waals surface area contributed by atoms with E-state index >= 15 is 0 Å². The lowest BCUT2D eigenvalue weighted by Gasteiger charge is -2.18. The first-order valence-corrected chi connectivity index (χ1v) is 6.28. The first-order valence-electron chi connectivity index (χ1n) is 6.28. The fourth-order valence-corrected chi connectivity index (χ4v) is 1.49. The Morgan fingerprint density at radius 1 is 1.35 bits per heavy atom. The highest BCUT2D eigenvalue weighted by atomic mass is 16.5. The van der Waals surface area contributed by atoms with E-state index in [0.29, 0.717) is 18.5 Å². The number of hydrogen-bond donors (Lipinski definition) is 1. The van der Waals surface area contributed by atoms with E-state index in [0.717, 1.165) is 11.6 Å². The normalized spacial score (nSPS) is 15.8. The first-order chi connectivity index (χ1) is 7.99. The van der Waals surface area contributed by atoms with Crippen molar-refractivity contribution in [2.24, 2.45) is 0 Å². The number of ether oxygens (including phenoxy) is 1. The molecule has 1 fully saturated rings. The summed E-state index contributed by atoms with van der Waals surface area (Å²) >= 11 is 0. The van der Waals surface area contributed by atoms with Gasteiger partial charge in [-0.3, -0.25) is 0 Å². The zero-order valence-corrected chi connectivity index (χ0v) is 11.1. The van der Waals surface area contributed by atoms with Gasteiger partial charge >= 0.3 is 0 Å². The molecule has 0 aromatic carbocycles. The highest BCUT2D eigenvalue weighted by Gasteiger charge is 2.24. The van der Waals surface area contributed by atoms with Gasteiger partial charge in [-0.05, 0) is 19.8 Å². The molecule has 0 saturated heterocycles. The Balaban J connectivity index is 2.27. The molecule has 1 aliphatic carbocycles. The second-order valence-electron chi connectivity index (χ2n) is 5.52. The van der Waals surface area contributed by atoms with Gasteiger partial charge in [-0.2, -0.15) is 4.98 Å². The average Bonchev–Trinajstić information content (AvgIpc) is 3.00. The molecule has 17 heavy (non-hydrogen) atoms. The Hall–Kier alpha value is -1.32. The van der Waals surface area contributed by atoms with Crippen LogP contribution in [-0.2, 0) is 5.41 Å². The minimum Gasteiger partial charge on any atom is -0.478 e. The van der Waals surface area contributed by atoms with Crippen molar-refractivity contribution in [3.8, 4) is 5.88 Å². The third-order valence-electron chi connectivity index (χ3n) is 2.60. The van der Waals surface area contributed by atoms with Crippen LogP contribution in [0, 0.1) is 0 Å². The van der Waals surface area contributed by atoms with Crippen molar-refractivity contribution >= 4 is 5.82 Å².